The maximum atomic E-state index is 9.93. The van der Waals surface area contributed by atoms with E-state index >= 15 is 0 Å². The Hall–Kier alpha value is -1.06. The van der Waals surface area contributed by atoms with Gasteiger partial charge >= 0.3 is 0 Å². The SMILES string of the molecule is CC[C@H](C)[NH2+]C[C@@H](O)COc1ccccc1C(C)C. The van der Waals surface area contributed by atoms with Crippen molar-refractivity contribution in [3.05, 3.63) is 29.8 Å². The van der Waals surface area contributed by atoms with Gasteiger partial charge in [0.15, 0.2) is 0 Å². The molecule has 0 aliphatic heterocycles. The number of rotatable bonds is 8. The Morgan fingerprint density at radius 1 is 1.21 bits per heavy atom. The molecule has 3 nitrogen and oxygen atoms in total. The van der Waals surface area contributed by atoms with Gasteiger partial charge in [-0.25, -0.2) is 0 Å². The van der Waals surface area contributed by atoms with Crippen LogP contribution >= 0.6 is 0 Å². The minimum absolute atomic E-state index is 0.358. The molecule has 0 fully saturated rings. The number of ether oxygens (including phenoxy) is 1. The number of aliphatic hydroxyl groups excluding tert-OH is 1. The smallest absolute Gasteiger partial charge is 0.137 e. The van der Waals surface area contributed by atoms with Crippen molar-refractivity contribution in [3.63, 3.8) is 0 Å². The monoisotopic (exact) mass is 266 g/mol. The van der Waals surface area contributed by atoms with E-state index in [2.05, 4.69) is 39.1 Å². The minimum Gasteiger partial charge on any atom is -0.490 e. The Bertz CT molecular complexity index is 366. The highest BCUT2D eigenvalue weighted by Crippen LogP contribution is 2.25. The molecule has 19 heavy (non-hydrogen) atoms. The van der Waals surface area contributed by atoms with Crippen LogP contribution in [0.15, 0.2) is 24.3 Å². The fourth-order valence-electron chi connectivity index (χ4n) is 1.90. The summed E-state index contributed by atoms with van der Waals surface area (Å²) in [7, 11) is 0. The van der Waals surface area contributed by atoms with Crippen molar-refractivity contribution in [1.29, 1.82) is 0 Å². The molecule has 3 heteroatoms. The van der Waals surface area contributed by atoms with Crippen molar-refractivity contribution in [2.75, 3.05) is 13.2 Å². The van der Waals surface area contributed by atoms with Gasteiger partial charge in [-0.2, -0.15) is 0 Å². The van der Waals surface area contributed by atoms with Crippen LogP contribution in [-0.2, 0) is 0 Å². The summed E-state index contributed by atoms with van der Waals surface area (Å²) in [6.07, 6.45) is 0.693. The summed E-state index contributed by atoms with van der Waals surface area (Å²) in [5.74, 6) is 1.32. The first-order valence-electron chi connectivity index (χ1n) is 7.27. The number of quaternary nitrogens is 1. The van der Waals surface area contributed by atoms with Gasteiger partial charge in [0, 0.05) is 0 Å². The van der Waals surface area contributed by atoms with Gasteiger partial charge in [-0.15, -0.1) is 0 Å². The van der Waals surface area contributed by atoms with Crippen molar-refractivity contribution in [1.82, 2.24) is 0 Å². The number of para-hydroxylation sites is 1. The maximum absolute atomic E-state index is 9.93. The summed E-state index contributed by atoms with van der Waals surface area (Å²) in [4.78, 5) is 0. The maximum Gasteiger partial charge on any atom is 0.137 e. The third-order valence-electron chi connectivity index (χ3n) is 3.43. The lowest BCUT2D eigenvalue weighted by atomic mass is 10.0. The van der Waals surface area contributed by atoms with Crippen molar-refractivity contribution in [2.45, 2.75) is 52.2 Å². The van der Waals surface area contributed by atoms with Crippen LogP contribution in [0.2, 0.25) is 0 Å². The second kappa shape index (κ2) is 8.18. The molecular formula is C16H28NO2+. The van der Waals surface area contributed by atoms with Gasteiger partial charge in [0.05, 0.1) is 6.04 Å². The minimum atomic E-state index is -0.422. The van der Waals surface area contributed by atoms with Crippen LogP contribution in [0.4, 0.5) is 0 Å². The van der Waals surface area contributed by atoms with Crippen molar-refractivity contribution in [2.24, 2.45) is 0 Å². The normalized spacial score (nSPS) is 14.4. The average Bonchev–Trinajstić information content (AvgIpc) is 2.42. The Morgan fingerprint density at radius 3 is 2.53 bits per heavy atom. The predicted octanol–water partition coefficient (Wildman–Crippen LogP) is 1.91. The van der Waals surface area contributed by atoms with E-state index in [-0.39, 0.29) is 0 Å². The molecule has 1 aromatic carbocycles. The molecule has 0 unspecified atom stereocenters. The van der Waals surface area contributed by atoms with Gasteiger partial charge in [-0.1, -0.05) is 39.0 Å². The quantitative estimate of drug-likeness (QED) is 0.755. The fraction of sp³-hybridized carbons (Fsp3) is 0.625. The predicted molar refractivity (Wildman–Crippen MR) is 78.6 cm³/mol. The summed E-state index contributed by atoms with van der Waals surface area (Å²) in [5.41, 5.74) is 1.20. The molecule has 0 amide bonds. The van der Waals surface area contributed by atoms with Crippen LogP contribution in [0.1, 0.15) is 45.6 Å². The van der Waals surface area contributed by atoms with Crippen LogP contribution in [0.3, 0.4) is 0 Å². The van der Waals surface area contributed by atoms with Crippen LogP contribution in [0.25, 0.3) is 0 Å². The lowest BCUT2D eigenvalue weighted by molar-refractivity contribution is -0.691. The third kappa shape index (κ3) is 5.62. The molecule has 0 bridgehead atoms. The summed E-state index contributed by atoms with van der Waals surface area (Å²) < 4.78 is 5.76. The van der Waals surface area contributed by atoms with E-state index in [1.165, 1.54) is 5.56 Å². The van der Waals surface area contributed by atoms with Crippen molar-refractivity contribution < 1.29 is 15.2 Å². The van der Waals surface area contributed by atoms with Gasteiger partial charge in [-0.3, -0.25) is 0 Å². The highest BCUT2D eigenvalue weighted by molar-refractivity contribution is 5.35. The van der Waals surface area contributed by atoms with E-state index in [0.717, 1.165) is 12.2 Å². The molecule has 0 aliphatic rings. The fourth-order valence-corrected chi connectivity index (χ4v) is 1.90. The average molecular weight is 266 g/mol. The van der Waals surface area contributed by atoms with Crippen LogP contribution in [-0.4, -0.2) is 30.4 Å². The van der Waals surface area contributed by atoms with Crippen molar-refractivity contribution >= 4 is 0 Å². The molecule has 2 atom stereocenters. The zero-order valence-corrected chi connectivity index (χ0v) is 12.6. The number of hydrogen-bond acceptors (Lipinski definition) is 2. The summed E-state index contributed by atoms with van der Waals surface area (Å²) in [6, 6.07) is 8.60. The lowest BCUT2D eigenvalue weighted by Crippen LogP contribution is -2.91. The van der Waals surface area contributed by atoms with Crippen LogP contribution in [0.5, 0.6) is 5.75 Å². The van der Waals surface area contributed by atoms with Gasteiger partial charge < -0.3 is 15.2 Å². The first-order chi connectivity index (χ1) is 9.04. The van der Waals surface area contributed by atoms with E-state index in [0.29, 0.717) is 25.1 Å². The van der Waals surface area contributed by atoms with Crippen molar-refractivity contribution in [3.8, 4) is 5.75 Å². The Labute approximate surface area is 117 Å². The number of benzene rings is 1. The molecule has 1 aromatic rings. The molecule has 0 saturated heterocycles. The zero-order valence-electron chi connectivity index (χ0n) is 12.6. The Kier molecular flexibility index (Phi) is 6.89. The molecule has 108 valence electrons. The van der Waals surface area contributed by atoms with Crippen LogP contribution in [0, 0.1) is 0 Å². The lowest BCUT2D eigenvalue weighted by Gasteiger charge is -2.17. The highest BCUT2D eigenvalue weighted by Gasteiger charge is 2.12. The molecule has 0 aromatic heterocycles. The molecule has 0 spiro atoms. The summed E-state index contributed by atoms with van der Waals surface area (Å²) >= 11 is 0. The molecule has 0 heterocycles. The molecule has 1 rings (SSSR count). The third-order valence-corrected chi connectivity index (χ3v) is 3.43. The number of nitrogens with two attached hydrogens (primary N) is 1. The van der Waals surface area contributed by atoms with E-state index in [1.54, 1.807) is 0 Å². The largest absolute Gasteiger partial charge is 0.490 e. The first kappa shape index (κ1) is 16.0. The topological polar surface area (TPSA) is 46.1 Å². The van der Waals surface area contributed by atoms with E-state index in [9.17, 15) is 5.11 Å². The first-order valence-corrected chi connectivity index (χ1v) is 7.27. The van der Waals surface area contributed by atoms with Gasteiger partial charge in [0.25, 0.3) is 0 Å². The van der Waals surface area contributed by atoms with E-state index in [1.807, 2.05) is 18.2 Å². The second-order valence-corrected chi connectivity index (χ2v) is 5.51. The van der Waals surface area contributed by atoms with Gasteiger partial charge in [0.2, 0.25) is 0 Å². The van der Waals surface area contributed by atoms with Crippen LogP contribution < -0.4 is 10.1 Å². The van der Waals surface area contributed by atoms with Gasteiger partial charge in [-0.05, 0) is 30.9 Å². The second-order valence-electron chi connectivity index (χ2n) is 5.51. The standard InChI is InChI=1S/C16H27NO2/c1-5-13(4)17-10-14(18)11-19-16-9-7-6-8-15(16)12(2)3/h6-9,12-14,17-18H,5,10-11H2,1-4H3/p+1/t13-,14+/m0/s1. The number of hydrogen-bond donors (Lipinski definition) is 2. The molecule has 3 N–H and O–H groups in total. The summed E-state index contributed by atoms with van der Waals surface area (Å²) in [6.45, 7) is 9.67. The molecule has 0 radical (unpaired) electrons. The zero-order chi connectivity index (χ0) is 14.3. The molecule has 0 saturated carbocycles. The molecule has 0 aliphatic carbocycles. The van der Waals surface area contributed by atoms with E-state index in [4.69, 9.17) is 4.74 Å². The molecular weight excluding hydrogens is 238 g/mol. The highest BCUT2D eigenvalue weighted by atomic mass is 16.5. The summed E-state index contributed by atoms with van der Waals surface area (Å²) in [5, 5.41) is 12.1. The number of aliphatic hydroxyl groups is 1. The Morgan fingerprint density at radius 2 is 1.89 bits per heavy atom. The van der Waals surface area contributed by atoms with Gasteiger partial charge in [0.1, 0.15) is 25.0 Å². The van der Waals surface area contributed by atoms with E-state index < -0.39 is 6.10 Å². The Balaban J connectivity index is 2.44.